The third-order valence-corrected chi connectivity index (χ3v) is 7.65. The van der Waals surface area contributed by atoms with Gasteiger partial charge in [-0.3, -0.25) is 0 Å². The largest absolute Gasteiger partial charge is 0.507 e. The summed E-state index contributed by atoms with van der Waals surface area (Å²) < 4.78 is 61.7. The lowest BCUT2D eigenvalue weighted by atomic mass is 9.81. The second-order valence-corrected chi connectivity index (χ2v) is 9.96. The third kappa shape index (κ3) is 5.56. The lowest BCUT2D eigenvalue weighted by Gasteiger charge is -2.30. The molecule has 212 valence electrons. The molecule has 2 aliphatic carbocycles. The van der Waals surface area contributed by atoms with E-state index in [1.165, 1.54) is 30.7 Å². The van der Waals surface area contributed by atoms with E-state index in [4.69, 9.17) is 5.26 Å². The highest BCUT2D eigenvalue weighted by Crippen LogP contribution is 2.38. The molecule has 2 aliphatic rings. The maximum atomic E-state index is 12.4. The number of nitrogens with zero attached hydrogens (tertiary/aromatic N) is 4. The van der Waals surface area contributed by atoms with Gasteiger partial charge in [-0.2, -0.15) is 28.1 Å². The highest BCUT2D eigenvalue weighted by Gasteiger charge is 2.32. The van der Waals surface area contributed by atoms with Gasteiger partial charge in [0.2, 0.25) is 0 Å². The normalized spacial score (nSPS) is 15.2. The highest BCUT2D eigenvalue weighted by molar-refractivity contribution is 6.59. The minimum atomic E-state index is -2.94. The second kappa shape index (κ2) is 11.7. The molecule has 41 heavy (non-hydrogen) atoms. The van der Waals surface area contributed by atoms with Crippen LogP contribution in [0.4, 0.5) is 17.6 Å². The zero-order valence-corrected chi connectivity index (χ0v) is 21.7. The Morgan fingerprint density at radius 3 is 1.83 bits per heavy atom. The van der Waals surface area contributed by atoms with Crippen molar-refractivity contribution in [2.45, 2.75) is 63.8 Å². The summed E-state index contributed by atoms with van der Waals surface area (Å²) in [5.74, 6) is 0.106. The van der Waals surface area contributed by atoms with E-state index in [1.807, 2.05) is 10.6 Å². The van der Waals surface area contributed by atoms with Crippen LogP contribution in [-0.2, 0) is 0 Å². The summed E-state index contributed by atoms with van der Waals surface area (Å²) in [4.78, 5) is 0. The van der Waals surface area contributed by atoms with Crippen LogP contribution in [0.1, 0.15) is 61.7 Å². The number of alkyl halides is 4. The molecule has 0 amide bonds. The molecule has 2 fully saturated rings. The zero-order chi connectivity index (χ0) is 29.3. The van der Waals surface area contributed by atoms with Gasteiger partial charge in [-0.15, -0.1) is 0 Å². The molecule has 2 heterocycles. The quantitative estimate of drug-likeness (QED) is 0.229. The van der Waals surface area contributed by atoms with Crippen LogP contribution in [0.25, 0.3) is 21.8 Å². The molecule has 4 aromatic rings. The van der Waals surface area contributed by atoms with Crippen LogP contribution in [-0.4, -0.2) is 39.5 Å². The van der Waals surface area contributed by atoms with E-state index < -0.39 is 20.3 Å². The van der Waals surface area contributed by atoms with E-state index in [0.29, 0.717) is 22.5 Å². The molecular formula is C28H25BF4N4O4. The summed E-state index contributed by atoms with van der Waals surface area (Å²) in [7, 11) is -1.80. The SMILES string of the molecule is N#Cc1c(B(O)O)n(C2CCC2)c2cc(OC(F)F)ccc12.N#Cc1cn(C2CCC2)c2cc(OC(F)F)ccc12. The molecule has 8 nitrogen and oxygen atoms in total. The van der Waals surface area contributed by atoms with Crippen LogP contribution in [0.5, 0.6) is 11.5 Å². The molecule has 0 unspecified atom stereocenters. The third-order valence-electron chi connectivity index (χ3n) is 7.65. The molecule has 0 aliphatic heterocycles. The standard InChI is InChI=1S/C14H13BF2N2O3.C14H12F2N2O/c16-14(17)22-9-4-5-10-11(7-18)13(15(20)21)19(12(10)6-9)8-2-1-3-8;15-14(16)19-11-4-5-12-9(7-17)8-18(13(12)6-11)10-2-1-3-10/h4-6,8,14,20-21H,1-3H2;4-6,8,10,14H,1-3H2. The van der Waals surface area contributed by atoms with E-state index in [-0.39, 0.29) is 28.7 Å². The molecule has 0 bridgehead atoms. The number of nitriles is 2. The lowest BCUT2D eigenvalue weighted by molar-refractivity contribution is -0.0504. The molecule has 13 heteroatoms. The number of rotatable bonds is 7. The minimum Gasteiger partial charge on any atom is -0.435 e. The van der Waals surface area contributed by atoms with Gasteiger partial charge in [-0.1, -0.05) is 0 Å². The number of aromatic nitrogens is 2. The predicted octanol–water partition coefficient (Wildman–Crippen LogP) is 5.36. The van der Waals surface area contributed by atoms with E-state index in [2.05, 4.69) is 15.5 Å². The van der Waals surface area contributed by atoms with Gasteiger partial charge in [0.05, 0.1) is 27.8 Å². The molecule has 2 N–H and O–H groups in total. The molecule has 0 saturated heterocycles. The first-order valence-electron chi connectivity index (χ1n) is 13.1. The van der Waals surface area contributed by atoms with Crippen LogP contribution in [0, 0.1) is 22.7 Å². The Balaban J connectivity index is 0.000000166. The minimum absolute atomic E-state index is 0.0240. The van der Waals surface area contributed by atoms with Crippen molar-refractivity contribution in [2.75, 3.05) is 0 Å². The molecule has 0 atom stereocenters. The van der Waals surface area contributed by atoms with Gasteiger partial charge >= 0.3 is 20.3 Å². The summed E-state index contributed by atoms with van der Waals surface area (Å²) in [5.41, 5.74) is 2.13. The average molecular weight is 568 g/mol. The van der Waals surface area contributed by atoms with E-state index in [0.717, 1.165) is 43.0 Å². The van der Waals surface area contributed by atoms with Crippen LogP contribution >= 0.6 is 0 Å². The summed E-state index contributed by atoms with van der Waals surface area (Å²) in [6.07, 6.45) is 7.78. The van der Waals surface area contributed by atoms with E-state index in [9.17, 15) is 32.9 Å². The Labute approximate surface area is 232 Å². The van der Waals surface area contributed by atoms with Gasteiger partial charge in [0.1, 0.15) is 23.6 Å². The van der Waals surface area contributed by atoms with Crippen molar-refractivity contribution in [1.29, 1.82) is 10.5 Å². The summed E-state index contributed by atoms with van der Waals surface area (Å²) >= 11 is 0. The van der Waals surface area contributed by atoms with Crippen molar-refractivity contribution in [3.8, 4) is 23.6 Å². The Hall–Kier alpha value is -4.20. The molecule has 2 aromatic carbocycles. The number of hydrogen-bond acceptors (Lipinski definition) is 6. The van der Waals surface area contributed by atoms with Crippen LogP contribution in [0.3, 0.4) is 0 Å². The Kier molecular flexibility index (Phi) is 8.11. The molecule has 2 saturated carbocycles. The predicted molar refractivity (Wildman–Crippen MR) is 142 cm³/mol. The first-order valence-corrected chi connectivity index (χ1v) is 13.1. The molecular weight excluding hydrogens is 543 g/mol. The van der Waals surface area contributed by atoms with Crippen LogP contribution in [0.2, 0.25) is 0 Å². The topological polar surface area (TPSA) is 116 Å². The number of fused-ring (bicyclic) bond motifs is 2. The Bertz CT molecular complexity index is 1650. The number of hydrogen-bond donors (Lipinski definition) is 2. The van der Waals surface area contributed by atoms with E-state index >= 15 is 0 Å². The van der Waals surface area contributed by atoms with Crippen LogP contribution < -0.4 is 15.1 Å². The lowest BCUT2D eigenvalue weighted by Crippen LogP contribution is -2.41. The number of ether oxygens (including phenoxy) is 2. The Morgan fingerprint density at radius 2 is 1.37 bits per heavy atom. The first kappa shape index (κ1) is 28.3. The maximum Gasteiger partial charge on any atom is 0.507 e. The summed E-state index contributed by atoms with van der Waals surface area (Å²) in [5, 5.41) is 39.0. The van der Waals surface area contributed by atoms with Crippen molar-refractivity contribution in [3.05, 3.63) is 53.7 Å². The van der Waals surface area contributed by atoms with Gasteiger partial charge < -0.3 is 28.7 Å². The average Bonchev–Trinajstić information content (AvgIpc) is 3.37. The summed E-state index contributed by atoms with van der Waals surface area (Å²) in [6.45, 7) is -5.78. The van der Waals surface area contributed by atoms with E-state index in [1.54, 1.807) is 22.9 Å². The van der Waals surface area contributed by atoms with Gasteiger partial charge in [-0.25, -0.2) is 0 Å². The van der Waals surface area contributed by atoms with Gasteiger partial charge in [0.25, 0.3) is 0 Å². The molecule has 2 aromatic heterocycles. The van der Waals surface area contributed by atoms with Crippen molar-refractivity contribution in [1.82, 2.24) is 9.13 Å². The molecule has 0 spiro atoms. The Morgan fingerprint density at radius 1 is 0.805 bits per heavy atom. The number of halogens is 4. The molecule has 6 rings (SSSR count). The first-order chi connectivity index (χ1) is 19.7. The van der Waals surface area contributed by atoms with Crippen molar-refractivity contribution >= 4 is 34.5 Å². The fourth-order valence-electron chi connectivity index (χ4n) is 5.36. The van der Waals surface area contributed by atoms with Crippen molar-refractivity contribution in [3.63, 3.8) is 0 Å². The summed E-state index contributed by atoms with van der Waals surface area (Å²) in [6, 6.07) is 13.5. The maximum absolute atomic E-state index is 12.4. The van der Waals surface area contributed by atoms with Crippen LogP contribution in [0.15, 0.2) is 42.6 Å². The monoisotopic (exact) mass is 568 g/mol. The second-order valence-electron chi connectivity index (χ2n) is 9.96. The smallest absolute Gasteiger partial charge is 0.435 e. The zero-order valence-electron chi connectivity index (χ0n) is 21.7. The fourth-order valence-corrected chi connectivity index (χ4v) is 5.36. The molecule has 0 radical (unpaired) electrons. The highest BCUT2D eigenvalue weighted by atomic mass is 19.3. The van der Waals surface area contributed by atoms with Gasteiger partial charge in [0.15, 0.2) is 0 Å². The number of benzene rings is 2. The fraction of sp³-hybridized carbons (Fsp3) is 0.357. The van der Waals surface area contributed by atoms with Crippen molar-refractivity contribution < 1.29 is 37.1 Å². The van der Waals surface area contributed by atoms with Gasteiger partial charge in [0, 0.05) is 41.2 Å². The van der Waals surface area contributed by atoms with Crippen molar-refractivity contribution in [2.24, 2.45) is 0 Å². The van der Waals surface area contributed by atoms with Gasteiger partial charge in [-0.05, 0) is 62.8 Å².